The van der Waals surface area contributed by atoms with Crippen LogP contribution in [-0.2, 0) is 18.3 Å². The molecule has 8 aromatic rings. The van der Waals surface area contributed by atoms with Crippen molar-refractivity contribution in [2.45, 2.75) is 44.9 Å². The number of anilines is 6. The van der Waals surface area contributed by atoms with Crippen LogP contribution >= 0.6 is 11.3 Å². The molecule has 10 rings (SSSR count). The molecule has 0 radical (unpaired) electrons. The fraction of sp³-hybridized carbons (Fsp3) is 0.143. The Balaban J connectivity index is 1.10. The highest BCUT2D eigenvalue weighted by Gasteiger charge is 2.45. The van der Waals surface area contributed by atoms with E-state index in [0.717, 1.165) is 25.7 Å². The lowest BCUT2D eigenvalue weighted by Crippen LogP contribution is -2.22. The minimum absolute atomic E-state index is 0.00288. The van der Waals surface area contributed by atoms with E-state index in [0.29, 0.717) is 0 Å². The highest BCUT2D eigenvalue weighted by atomic mass is 32.1. The van der Waals surface area contributed by atoms with Crippen LogP contribution in [-0.4, -0.2) is 0 Å². The summed E-state index contributed by atoms with van der Waals surface area (Å²) in [5, 5.41) is 2.74. The zero-order valence-electron chi connectivity index (χ0n) is 29.6. The Morgan fingerprint density at radius 2 is 0.942 bits per heavy atom. The SMILES string of the molecule is Cc1cc(C)c2c(c1)sc1cc(N(c3ccccc3)c3ccc4c(c3)[C@]3(CCc5ccc(N(c6ccccc6)c6ccccc6)cc53)CC4)ccc12. The summed E-state index contributed by atoms with van der Waals surface area (Å²) < 4.78 is 2.70. The smallest absolute Gasteiger partial charge is 0.0476 e. The van der Waals surface area contributed by atoms with Crippen molar-refractivity contribution in [3.63, 3.8) is 0 Å². The number of aryl methyl sites for hydroxylation is 4. The van der Waals surface area contributed by atoms with Crippen molar-refractivity contribution >= 4 is 65.6 Å². The fourth-order valence-electron chi connectivity index (χ4n) is 9.28. The maximum Gasteiger partial charge on any atom is 0.0476 e. The van der Waals surface area contributed by atoms with Crippen LogP contribution in [0.2, 0.25) is 0 Å². The zero-order chi connectivity index (χ0) is 34.8. The van der Waals surface area contributed by atoms with E-state index in [1.807, 2.05) is 11.3 Å². The van der Waals surface area contributed by atoms with Gasteiger partial charge in [0, 0.05) is 59.7 Å². The number of nitrogens with zero attached hydrogens (tertiary/aromatic N) is 2. The van der Waals surface area contributed by atoms with E-state index in [1.165, 1.54) is 87.7 Å². The first-order chi connectivity index (χ1) is 25.6. The van der Waals surface area contributed by atoms with Crippen molar-refractivity contribution in [1.82, 2.24) is 0 Å². The van der Waals surface area contributed by atoms with Crippen molar-refractivity contribution in [2.75, 3.05) is 9.80 Å². The third-order valence-electron chi connectivity index (χ3n) is 11.6. The quantitative estimate of drug-likeness (QED) is 0.172. The van der Waals surface area contributed by atoms with Gasteiger partial charge in [0.05, 0.1) is 0 Å². The number of fused-ring (bicyclic) bond motifs is 7. The Hall–Kier alpha value is -5.64. The molecular weight excluding hydrogens is 649 g/mol. The van der Waals surface area contributed by atoms with Crippen molar-refractivity contribution in [3.05, 3.63) is 191 Å². The van der Waals surface area contributed by atoms with E-state index in [9.17, 15) is 0 Å². The summed E-state index contributed by atoms with van der Waals surface area (Å²) in [6.07, 6.45) is 4.52. The third kappa shape index (κ3) is 4.98. The first-order valence-corrected chi connectivity index (χ1v) is 19.3. The first kappa shape index (κ1) is 31.1. The molecule has 0 saturated carbocycles. The van der Waals surface area contributed by atoms with Gasteiger partial charge in [-0.15, -0.1) is 11.3 Å². The lowest BCUT2D eigenvalue weighted by Gasteiger charge is -2.31. The van der Waals surface area contributed by atoms with Crippen LogP contribution in [0.4, 0.5) is 34.1 Å². The molecule has 1 heterocycles. The molecule has 252 valence electrons. The largest absolute Gasteiger partial charge is 0.310 e. The summed E-state index contributed by atoms with van der Waals surface area (Å²) in [6.45, 7) is 4.45. The minimum atomic E-state index is 0.00288. The minimum Gasteiger partial charge on any atom is -0.310 e. The number of thiophene rings is 1. The maximum absolute atomic E-state index is 2.53. The topological polar surface area (TPSA) is 6.48 Å². The lowest BCUT2D eigenvalue weighted by atomic mass is 9.76. The Bertz CT molecular complexity index is 2560. The predicted octanol–water partition coefficient (Wildman–Crippen LogP) is 13.8. The molecular formula is C49H40N2S. The number of benzene rings is 7. The van der Waals surface area contributed by atoms with Gasteiger partial charge in [-0.25, -0.2) is 0 Å². The highest BCUT2D eigenvalue weighted by Crippen LogP contribution is 2.55. The molecule has 0 unspecified atom stereocenters. The van der Waals surface area contributed by atoms with Gasteiger partial charge < -0.3 is 9.80 Å². The molecule has 1 spiro atoms. The highest BCUT2D eigenvalue weighted by molar-refractivity contribution is 7.25. The molecule has 0 aliphatic heterocycles. The van der Waals surface area contributed by atoms with Crippen LogP contribution in [0.25, 0.3) is 20.2 Å². The van der Waals surface area contributed by atoms with E-state index < -0.39 is 0 Å². The average Bonchev–Trinajstić information content (AvgIpc) is 3.86. The molecule has 0 fully saturated rings. The Morgan fingerprint density at radius 1 is 0.462 bits per heavy atom. The van der Waals surface area contributed by atoms with Gasteiger partial charge in [-0.3, -0.25) is 0 Å². The van der Waals surface area contributed by atoms with Gasteiger partial charge in [0.1, 0.15) is 0 Å². The second kappa shape index (κ2) is 12.3. The zero-order valence-corrected chi connectivity index (χ0v) is 30.5. The molecule has 2 nitrogen and oxygen atoms in total. The van der Waals surface area contributed by atoms with Crippen LogP contribution in [0.3, 0.4) is 0 Å². The Morgan fingerprint density at radius 3 is 1.48 bits per heavy atom. The van der Waals surface area contributed by atoms with E-state index in [2.05, 4.69) is 181 Å². The van der Waals surface area contributed by atoms with E-state index in [-0.39, 0.29) is 5.41 Å². The molecule has 7 aromatic carbocycles. The van der Waals surface area contributed by atoms with Crippen LogP contribution < -0.4 is 9.80 Å². The van der Waals surface area contributed by atoms with Crippen molar-refractivity contribution < 1.29 is 0 Å². The van der Waals surface area contributed by atoms with E-state index >= 15 is 0 Å². The van der Waals surface area contributed by atoms with Crippen LogP contribution in [0.5, 0.6) is 0 Å². The van der Waals surface area contributed by atoms with Gasteiger partial charge in [-0.1, -0.05) is 78.9 Å². The number of para-hydroxylation sites is 3. The lowest BCUT2D eigenvalue weighted by molar-refractivity contribution is 0.507. The molecule has 1 atom stereocenters. The van der Waals surface area contributed by atoms with Crippen LogP contribution in [0.1, 0.15) is 46.2 Å². The summed E-state index contributed by atoms with van der Waals surface area (Å²) >= 11 is 1.91. The molecule has 0 saturated heterocycles. The average molecular weight is 689 g/mol. The van der Waals surface area contributed by atoms with Crippen LogP contribution in [0.15, 0.2) is 158 Å². The van der Waals surface area contributed by atoms with Gasteiger partial charge in [0.25, 0.3) is 0 Å². The predicted molar refractivity (Wildman–Crippen MR) is 222 cm³/mol. The number of rotatable bonds is 6. The second-order valence-corrected chi connectivity index (χ2v) is 15.8. The van der Waals surface area contributed by atoms with Crippen molar-refractivity contribution in [2.24, 2.45) is 0 Å². The van der Waals surface area contributed by atoms with Gasteiger partial charge in [-0.2, -0.15) is 0 Å². The second-order valence-electron chi connectivity index (χ2n) is 14.7. The number of hydrogen-bond donors (Lipinski definition) is 0. The molecule has 52 heavy (non-hydrogen) atoms. The number of hydrogen-bond acceptors (Lipinski definition) is 3. The first-order valence-electron chi connectivity index (χ1n) is 18.5. The summed E-state index contributed by atoms with van der Waals surface area (Å²) in [6, 6.07) is 58.7. The van der Waals surface area contributed by atoms with E-state index in [4.69, 9.17) is 0 Å². The molecule has 0 N–H and O–H groups in total. The van der Waals surface area contributed by atoms with Gasteiger partial charge in [-0.05, 0) is 152 Å². The maximum atomic E-state index is 2.53. The van der Waals surface area contributed by atoms with Gasteiger partial charge in [0.2, 0.25) is 0 Å². The molecule has 0 amide bonds. The standard InChI is InChI=1S/C49H40N2S/c1-33-28-34(2)48-43-23-22-42(32-46(43)52-47(48)29-33)51(39-16-10-5-11-17-39)41-21-19-36-25-27-49(45(36)31-41)26-24-35-18-20-40(30-44(35)49)50(37-12-6-3-7-13-37)38-14-8-4-9-15-38/h3-23,28-32H,24-27H2,1-2H3/t49-/m1/s1. The molecule has 2 aliphatic rings. The molecule has 2 aliphatic carbocycles. The summed E-state index contributed by atoms with van der Waals surface area (Å²) in [5.74, 6) is 0. The molecule has 0 bridgehead atoms. The van der Waals surface area contributed by atoms with Crippen molar-refractivity contribution in [1.29, 1.82) is 0 Å². The van der Waals surface area contributed by atoms with Gasteiger partial charge >= 0.3 is 0 Å². The van der Waals surface area contributed by atoms with Crippen LogP contribution in [0, 0.1) is 13.8 Å². The van der Waals surface area contributed by atoms with Gasteiger partial charge in [0.15, 0.2) is 0 Å². The third-order valence-corrected chi connectivity index (χ3v) is 12.7. The Labute approximate surface area is 310 Å². The summed E-state index contributed by atoms with van der Waals surface area (Å²) in [7, 11) is 0. The molecule has 3 heteroatoms. The van der Waals surface area contributed by atoms with E-state index in [1.54, 1.807) is 0 Å². The monoisotopic (exact) mass is 688 g/mol. The van der Waals surface area contributed by atoms with Crippen molar-refractivity contribution in [3.8, 4) is 0 Å². The molecule has 1 aromatic heterocycles. The Kier molecular flexibility index (Phi) is 7.33. The summed E-state index contributed by atoms with van der Waals surface area (Å²) in [5.41, 5.74) is 15.8. The normalized spacial score (nSPS) is 16.0. The summed E-state index contributed by atoms with van der Waals surface area (Å²) in [4.78, 5) is 4.87. The fourth-order valence-corrected chi connectivity index (χ4v) is 10.6.